The van der Waals surface area contributed by atoms with Crippen LogP contribution in [0, 0.1) is 29.6 Å². The van der Waals surface area contributed by atoms with Gasteiger partial charge in [0.2, 0.25) is 11.8 Å². The third-order valence-corrected chi connectivity index (χ3v) is 12.9. The highest BCUT2D eigenvalue weighted by molar-refractivity contribution is 8.00. The van der Waals surface area contributed by atoms with Crippen LogP contribution in [0.4, 0.5) is 0 Å². The first kappa shape index (κ1) is 59.0. The predicted molar refractivity (Wildman–Crippen MR) is 273 cm³/mol. The Labute approximate surface area is 392 Å². The molecule has 9 nitrogen and oxygen atoms in total. The van der Waals surface area contributed by atoms with Crippen LogP contribution >= 0.6 is 17.4 Å². The van der Waals surface area contributed by atoms with E-state index in [2.05, 4.69) is 75.1 Å². The summed E-state index contributed by atoms with van der Waals surface area (Å²) in [5, 5.41) is 47.2. The summed E-state index contributed by atoms with van der Waals surface area (Å²) in [5.74, 6) is 1.06. The normalized spacial score (nSPS) is 24.2. The smallest absolute Gasteiger partial charge is 0.219 e. The molecule has 6 N–H and O–H groups in total. The van der Waals surface area contributed by atoms with E-state index in [1.54, 1.807) is 6.08 Å². The molecule has 0 saturated heterocycles. The number of nitrogens with one attached hydrogen (secondary N) is 2. The predicted octanol–water partition coefficient (Wildman–Crippen LogP) is 10.2. The lowest BCUT2D eigenvalue weighted by Gasteiger charge is -2.21. The van der Waals surface area contributed by atoms with Crippen LogP contribution in [-0.4, -0.2) is 75.8 Å². The van der Waals surface area contributed by atoms with Crippen LogP contribution in [0.15, 0.2) is 109 Å². The van der Waals surface area contributed by atoms with E-state index in [4.69, 9.17) is 4.52 Å². The largest absolute Gasteiger partial charge is 0.393 e. The van der Waals surface area contributed by atoms with Crippen molar-refractivity contribution in [2.75, 3.05) is 13.1 Å². The van der Waals surface area contributed by atoms with E-state index in [-0.39, 0.29) is 56.6 Å². The second-order valence-electron chi connectivity index (χ2n) is 16.9. The molecule has 2 unspecified atom stereocenters. The lowest BCUT2D eigenvalue weighted by atomic mass is 9.86. The van der Waals surface area contributed by atoms with E-state index in [0.717, 1.165) is 57.8 Å². The zero-order valence-corrected chi connectivity index (χ0v) is 39.7. The highest BCUT2D eigenvalue weighted by Gasteiger charge is 2.40. The molecule has 2 aromatic rings. The van der Waals surface area contributed by atoms with E-state index in [1.807, 2.05) is 68.5 Å². The molecule has 2 aromatic carbocycles. The minimum atomic E-state index is -0.589. The Balaban J connectivity index is 0.000000622. The Bertz CT molecular complexity index is 1620. The first-order valence-corrected chi connectivity index (χ1v) is 25.9. The molecular formula is C53H86N2O7P2. The molecule has 2 saturated carbocycles. The molecule has 0 heterocycles. The van der Waals surface area contributed by atoms with Gasteiger partial charge in [0, 0.05) is 46.8 Å². The highest BCUT2D eigenvalue weighted by atomic mass is 32.0. The van der Waals surface area contributed by atoms with Crippen LogP contribution in [0.1, 0.15) is 124 Å². The summed E-state index contributed by atoms with van der Waals surface area (Å²) < 4.78 is 5.98. The molecule has 0 spiro atoms. The molecule has 2 amide bonds. The van der Waals surface area contributed by atoms with Gasteiger partial charge in [-0.2, -0.15) is 0 Å². The molecule has 2 aliphatic rings. The molecule has 0 radical (unpaired) electrons. The van der Waals surface area contributed by atoms with Crippen LogP contribution in [-0.2, 0) is 27.0 Å². The molecule has 2 fully saturated rings. The number of aliphatic hydroxyl groups excluding tert-OH is 4. The van der Waals surface area contributed by atoms with Crippen molar-refractivity contribution in [2.24, 2.45) is 29.6 Å². The molecule has 0 bridgehead atoms. The van der Waals surface area contributed by atoms with Gasteiger partial charge in [0.25, 0.3) is 0 Å². The zero-order chi connectivity index (χ0) is 45.0. The number of aliphatic hydroxyl groups is 4. The van der Waals surface area contributed by atoms with Gasteiger partial charge < -0.3 is 35.6 Å². The van der Waals surface area contributed by atoms with Gasteiger partial charge in [-0.15, -0.1) is 0 Å². The van der Waals surface area contributed by atoms with Crippen molar-refractivity contribution in [3.05, 3.63) is 120 Å². The van der Waals surface area contributed by atoms with Crippen LogP contribution in [0.3, 0.4) is 0 Å². The summed E-state index contributed by atoms with van der Waals surface area (Å²) >= 11 is 0. The van der Waals surface area contributed by atoms with Crippen LogP contribution in [0.2, 0.25) is 0 Å². The summed E-state index contributed by atoms with van der Waals surface area (Å²) in [6, 6.07) is 20.6. The van der Waals surface area contributed by atoms with Crippen molar-refractivity contribution >= 4 is 29.2 Å². The fourth-order valence-electron chi connectivity index (χ4n) is 8.62. The lowest BCUT2D eigenvalue weighted by Crippen LogP contribution is -2.21. The lowest BCUT2D eigenvalue weighted by molar-refractivity contribution is -0.121. The molecule has 360 valence electrons. The van der Waals surface area contributed by atoms with Crippen molar-refractivity contribution in [2.45, 2.75) is 156 Å². The molecule has 2 aliphatic carbocycles. The average molecular weight is 925 g/mol. The van der Waals surface area contributed by atoms with Gasteiger partial charge >= 0.3 is 0 Å². The Hall–Kier alpha value is -3.00. The van der Waals surface area contributed by atoms with Gasteiger partial charge in [0.15, 0.2) is 0 Å². The standard InChI is InChI=1S/C26H41NO3P2.C25H37NO4.2CH4/c1-3-27-26(29)14-10-5-4-9-13-24-23(20(2)19-25(24)28)18-17-22(30-32-31)16-15-21-11-7-6-8-12-21;1-2-26-25(30)13-9-4-3-8-12-21-22(24(29)18-23(21)28)17-16-20(27)15-14-19-10-6-5-7-11-19;;/h4,6-9,11-12,17-18,20,22-25,28,32H,3,5,10,13-16,19,31H2,1-2H3,(H,27,29);3,5-8,10-11,16-17,20-24,27-29H,2,4,9,12-15,18H2,1H3,(H,26,30);2*1H4/b9-4-,18-17+;8-3-,17-16+;;/t20-,22+,23+,24-,25+;20-,21+,22+,23-,24+;;/m10../s1. The van der Waals surface area contributed by atoms with Gasteiger partial charge in [-0.25, -0.2) is 0 Å². The molecular weight excluding hydrogens is 839 g/mol. The summed E-state index contributed by atoms with van der Waals surface area (Å²) in [5.41, 5.74) is 2.53. The number of amides is 2. The molecule has 0 aromatic heterocycles. The molecule has 4 rings (SSSR count). The maximum atomic E-state index is 11.5. The average Bonchev–Trinajstić information content (AvgIpc) is 3.70. The van der Waals surface area contributed by atoms with Gasteiger partial charge in [-0.05, 0) is 119 Å². The SMILES string of the molecule is C.C.CCNC(=O)CCC/C=C\C[C@@H]1[C@@H](/C=C/[C@@H](O)CCc2ccccc2)[C@H](O)C[C@@H]1O.CCNC(=O)CCC/C=C\C[C@@H]1[C@@H](/C=C/[C@H](CCc2ccccc2)OPP)[C@H](C)C[C@@H]1O. The van der Waals surface area contributed by atoms with Crippen LogP contribution in [0.25, 0.3) is 0 Å². The van der Waals surface area contributed by atoms with E-state index >= 15 is 0 Å². The highest BCUT2D eigenvalue weighted by Crippen LogP contribution is 2.41. The quantitative estimate of drug-likeness (QED) is 0.0313. The number of carbonyl (C=O) groups excluding carboxylic acids is 2. The Morgan fingerprint density at radius 1 is 0.719 bits per heavy atom. The van der Waals surface area contributed by atoms with E-state index < -0.39 is 18.3 Å². The number of hydrogen-bond donors (Lipinski definition) is 6. The Kier molecular flexibility index (Phi) is 32.5. The second-order valence-corrected chi connectivity index (χ2v) is 18.1. The van der Waals surface area contributed by atoms with E-state index in [1.165, 1.54) is 11.1 Å². The van der Waals surface area contributed by atoms with Gasteiger partial charge in [-0.3, -0.25) is 9.59 Å². The fourth-order valence-corrected chi connectivity index (χ4v) is 9.51. The van der Waals surface area contributed by atoms with Crippen molar-refractivity contribution in [3.8, 4) is 0 Å². The van der Waals surface area contributed by atoms with Crippen LogP contribution < -0.4 is 10.6 Å². The number of benzene rings is 2. The summed E-state index contributed by atoms with van der Waals surface area (Å²) in [6.07, 6.45) is 25.4. The first-order chi connectivity index (χ1) is 30.1. The van der Waals surface area contributed by atoms with Crippen molar-refractivity contribution in [1.82, 2.24) is 10.6 Å². The Morgan fingerprint density at radius 3 is 1.72 bits per heavy atom. The van der Waals surface area contributed by atoms with Crippen molar-refractivity contribution in [3.63, 3.8) is 0 Å². The topological polar surface area (TPSA) is 148 Å². The number of aryl methyl sites for hydroxylation is 2. The molecule has 11 heteroatoms. The van der Waals surface area contributed by atoms with E-state index in [9.17, 15) is 30.0 Å². The number of unbranched alkanes of at least 4 members (excludes halogenated alkanes) is 2. The molecule has 0 aliphatic heterocycles. The number of allylic oxidation sites excluding steroid dienone is 5. The summed E-state index contributed by atoms with van der Waals surface area (Å²) in [7, 11) is 3.06. The third kappa shape index (κ3) is 23.4. The summed E-state index contributed by atoms with van der Waals surface area (Å²) in [4.78, 5) is 23.0. The first-order valence-electron chi connectivity index (χ1n) is 23.2. The van der Waals surface area contributed by atoms with Gasteiger partial charge in [-0.1, -0.05) is 140 Å². The number of rotatable bonds is 26. The number of carbonyl (C=O) groups is 2. The molecule has 64 heavy (non-hydrogen) atoms. The minimum absolute atomic E-state index is 0. The van der Waals surface area contributed by atoms with E-state index in [0.29, 0.717) is 65.5 Å². The third-order valence-electron chi connectivity index (χ3n) is 12.1. The Morgan fingerprint density at radius 2 is 1.20 bits per heavy atom. The van der Waals surface area contributed by atoms with Gasteiger partial charge in [0.1, 0.15) is 0 Å². The maximum absolute atomic E-state index is 11.5. The van der Waals surface area contributed by atoms with Gasteiger partial charge in [0.05, 0.1) is 30.5 Å². The summed E-state index contributed by atoms with van der Waals surface area (Å²) in [6.45, 7) is 7.44. The van der Waals surface area contributed by atoms with Crippen molar-refractivity contribution in [1.29, 1.82) is 0 Å². The monoisotopic (exact) mass is 925 g/mol. The minimum Gasteiger partial charge on any atom is -0.393 e. The fraction of sp³-hybridized carbons (Fsp3) is 0.585. The maximum Gasteiger partial charge on any atom is 0.219 e. The molecule has 12 atom stereocenters. The second kappa shape index (κ2) is 35.2. The zero-order valence-electron chi connectivity index (χ0n) is 37.6. The number of hydrogen-bond acceptors (Lipinski definition) is 7. The van der Waals surface area contributed by atoms with Crippen molar-refractivity contribution < 1.29 is 34.5 Å². The van der Waals surface area contributed by atoms with Crippen LogP contribution in [0.5, 0.6) is 0 Å².